The molecule has 0 aliphatic carbocycles. The van der Waals surface area contributed by atoms with Gasteiger partial charge in [-0.3, -0.25) is 29.8 Å². The van der Waals surface area contributed by atoms with E-state index in [0.29, 0.717) is 4.90 Å². The Morgan fingerprint density at radius 3 is 2.42 bits per heavy atom. The Labute approximate surface area is 183 Å². The predicted molar refractivity (Wildman–Crippen MR) is 106 cm³/mol. The van der Waals surface area contributed by atoms with Gasteiger partial charge in [-0.1, -0.05) is 18.2 Å². The third-order valence-corrected chi connectivity index (χ3v) is 6.10. The second-order valence-corrected chi connectivity index (χ2v) is 8.05. The maximum absolute atomic E-state index is 13.3. The van der Waals surface area contributed by atoms with Gasteiger partial charge in [-0.05, 0) is 30.7 Å². The molecule has 4 atom stereocenters. The maximum atomic E-state index is 13.3. The van der Waals surface area contributed by atoms with Gasteiger partial charge in [0.25, 0.3) is 5.69 Å². The predicted octanol–water partition coefficient (Wildman–Crippen LogP) is 2.91. The van der Waals surface area contributed by atoms with Gasteiger partial charge in [-0.15, -0.1) is 0 Å². The Kier molecular flexibility index (Phi) is 5.00. The van der Waals surface area contributed by atoms with E-state index in [2.05, 4.69) is 5.32 Å². The third-order valence-electron chi connectivity index (χ3n) is 6.10. The van der Waals surface area contributed by atoms with Crippen LogP contribution in [0.15, 0.2) is 48.5 Å². The zero-order chi connectivity index (χ0) is 24.3. The number of hydrogen-bond donors (Lipinski definition) is 2. The number of carboxylic acids is 1. The van der Waals surface area contributed by atoms with Crippen LogP contribution in [0, 0.1) is 22.0 Å². The molecule has 0 spiro atoms. The van der Waals surface area contributed by atoms with Crippen LogP contribution in [0.5, 0.6) is 0 Å². The van der Waals surface area contributed by atoms with Gasteiger partial charge < -0.3 is 5.11 Å². The van der Waals surface area contributed by atoms with Crippen molar-refractivity contribution < 1.29 is 37.6 Å². The number of anilines is 1. The second-order valence-electron chi connectivity index (χ2n) is 8.05. The molecule has 2 aliphatic heterocycles. The Morgan fingerprint density at radius 2 is 1.82 bits per heavy atom. The SMILES string of the molecule is CC1(C(=O)O)NC(c2cccc(C(F)(F)F)c2)C2C(=O)N(c3cccc([N+](=O)[O-])c3)C(=O)C21. The van der Waals surface area contributed by atoms with Gasteiger partial charge in [-0.2, -0.15) is 13.2 Å². The summed E-state index contributed by atoms with van der Waals surface area (Å²) < 4.78 is 39.7. The zero-order valence-corrected chi connectivity index (χ0v) is 16.9. The highest BCUT2D eigenvalue weighted by Crippen LogP contribution is 2.50. The quantitative estimate of drug-likeness (QED) is 0.405. The molecule has 0 radical (unpaired) electrons. The molecule has 4 unspecified atom stereocenters. The summed E-state index contributed by atoms with van der Waals surface area (Å²) in [5.74, 6) is -6.00. The number of hydrogen-bond acceptors (Lipinski definition) is 6. The number of rotatable bonds is 4. The monoisotopic (exact) mass is 463 g/mol. The van der Waals surface area contributed by atoms with E-state index < -0.39 is 63.6 Å². The standard InChI is InChI=1S/C21H16F3N3O6/c1-20(19(30)31)15-14(16(25-20)10-4-2-5-11(8-10)21(22,23)24)17(28)26(18(15)29)12-6-3-7-13(9-12)27(32)33/h2-9,14-16,25H,1H3,(H,30,31). The second kappa shape index (κ2) is 7.37. The van der Waals surface area contributed by atoms with Gasteiger partial charge in [0.05, 0.1) is 28.0 Å². The van der Waals surface area contributed by atoms with Crippen LogP contribution in [0.2, 0.25) is 0 Å². The average Bonchev–Trinajstić information content (AvgIpc) is 3.21. The van der Waals surface area contributed by atoms with Crippen molar-refractivity contribution in [3.63, 3.8) is 0 Å². The molecule has 2 aliphatic rings. The summed E-state index contributed by atoms with van der Waals surface area (Å²) in [7, 11) is 0. The fraction of sp³-hybridized carbons (Fsp3) is 0.286. The maximum Gasteiger partial charge on any atom is 0.416 e. The molecule has 2 heterocycles. The Balaban J connectivity index is 1.82. The largest absolute Gasteiger partial charge is 0.480 e. The van der Waals surface area contributed by atoms with Crippen LogP contribution >= 0.6 is 0 Å². The minimum Gasteiger partial charge on any atom is -0.480 e. The van der Waals surface area contributed by atoms with E-state index in [1.165, 1.54) is 25.1 Å². The molecule has 33 heavy (non-hydrogen) atoms. The molecular formula is C21H16F3N3O6. The lowest BCUT2D eigenvalue weighted by Crippen LogP contribution is -2.53. The summed E-state index contributed by atoms with van der Waals surface area (Å²) in [4.78, 5) is 49.7. The minimum atomic E-state index is -4.67. The van der Waals surface area contributed by atoms with E-state index in [1.807, 2.05) is 0 Å². The van der Waals surface area contributed by atoms with Gasteiger partial charge in [-0.25, -0.2) is 4.90 Å². The number of nitro benzene ring substituents is 1. The molecule has 0 bridgehead atoms. The first-order chi connectivity index (χ1) is 15.4. The number of carbonyl (C=O) groups excluding carboxylic acids is 2. The van der Waals surface area contributed by atoms with Gasteiger partial charge >= 0.3 is 12.1 Å². The number of imide groups is 1. The van der Waals surface area contributed by atoms with Crippen LogP contribution in [-0.4, -0.2) is 33.4 Å². The van der Waals surface area contributed by atoms with Crippen molar-refractivity contribution in [2.45, 2.75) is 24.7 Å². The molecule has 2 amide bonds. The fourth-order valence-electron chi connectivity index (χ4n) is 4.53. The van der Waals surface area contributed by atoms with E-state index in [1.54, 1.807) is 0 Å². The Bertz CT molecular complexity index is 1200. The lowest BCUT2D eigenvalue weighted by Gasteiger charge is -2.27. The molecular weight excluding hydrogens is 447 g/mol. The molecule has 2 aromatic carbocycles. The van der Waals surface area contributed by atoms with E-state index >= 15 is 0 Å². The minimum absolute atomic E-state index is 0.00755. The summed E-state index contributed by atoms with van der Waals surface area (Å²) in [5, 5.41) is 23.6. The Morgan fingerprint density at radius 1 is 1.15 bits per heavy atom. The van der Waals surface area contributed by atoms with E-state index in [0.717, 1.165) is 30.3 Å². The first-order valence-corrected chi connectivity index (χ1v) is 9.67. The van der Waals surface area contributed by atoms with Crippen molar-refractivity contribution in [1.82, 2.24) is 5.32 Å². The summed E-state index contributed by atoms with van der Waals surface area (Å²) in [5.41, 5.74) is -3.48. The number of fused-ring (bicyclic) bond motifs is 1. The van der Waals surface area contributed by atoms with Crippen LogP contribution in [0.1, 0.15) is 24.1 Å². The number of non-ortho nitro benzene ring substituents is 1. The van der Waals surface area contributed by atoms with E-state index in [-0.39, 0.29) is 11.3 Å². The molecule has 0 aromatic heterocycles. The number of amides is 2. The first kappa shape index (κ1) is 22.4. The number of benzene rings is 2. The van der Waals surface area contributed by atoms with Gasteiger partial charge in [0.2, 0.25) is 11.8 Å². The highest BCUT2D eigenvalue weighted by molar-refractivity contribution is 6.24. The van der Waals surface area contributed by atoms with Crippen LogP contribution in [0.3, 0.4) is 0 Å². The first-order valence-electron chi connectivity index (χ1n) is 9.67. The number of nitro groups is 1. The number of aliphatic carboxylic acids is 1. The van der Waals surface area contributed by atoms with Crippen LogP contribution in [0.25, 0.3) is 0 Å². The summed E-state index contributed by atoms with van der Waals surface area (Å²) in [6.45, 7) is 1.18. The molecule has 2 aromatic rings. The van der Waals surface area contributed by atoms with Crippen molar-refractivity contribution in [3.8, 4) is 0 Å². The molecule has 2 N–H and O–H groups in total. The van der Waals surface area contributed by atoms with Crippen molar-refractivity contribution >= 4 is 29.2 Å². The molecule has 0 saturated carbocycles. The van der Waals surface area contributed by atoms with Crippen molar-refractivity contribution in [1.29, 1.82) is 0 Å². The van der Waals surface area contributed by atoms with Crippen LogP contribution in [-0.2, 0) is 20.6 Å². The van der Waals surface area contributed by atoms with E-state index in [9.17, 15) is 42.8 Å². The Hall–Kier alpha value is -3.80. The normalized spacial score (nSPS) is 27.0. The molecule has 2 fully saturated rings. The zero-order valence-electron chi connectivity index (χ0n) is 16.9. The topological polar surface area (TPSA) is 130 Å². The summed E-state index contributed by atoms with van der Waals surface area (Å²) >= 11 is 0. The van der Waals surface area contributed by atoms with Crippen molar-refractivity contribution in [3.05, 3.63) is 69.8 Å². The highest BCUT2D eigenvalue weighted by atomic mass is 19.4. The summed E-state index contributed by atoms with van der Waals surface area (Å²) in [6, 6.07) is 7.58. The highest BCUT2D eigenvalue weighted by Gasteiger charge is 2.67. The van der Waals surface area contributed by atoms with Gasteiger partial charge in [0.15, 0.2) is 0 Å². The number of nitrogens with one attached hydrogen (secondary N) is 1. The number of halogens is 3. The number of nitrogens with zero attached hydrogens (tertiary/aromatic N) is 2. The third kappa shape index (κ3) is 3.42. The van der Waals surface area contributed by atoms with Crippen molar-refractivity contribution in [2.24, 2.45) is 11.8 Å². The smallest absolute Gasteiger partial charge is 0.416 e. The number of carboxylic acid groups (broad SMARTS) is 1. The molecule has 2 saturated heterocycles. The molecule has 9 nitrogen and oxygen atoms in total. The van der Waals surface area contributed by atoms with Gasteiger partial charge in [0.1, 0.15) is 5.54 Å². The van der Waals surface area contributed by atoms with Crippen LogP contribution in [0.4, 0.5) is 24.5 Å². The lowest BCUT2D eigenvalue weighted by atomic mass is 9.80. The van der Waals surface area contributed by atoms with Crippen LogP contribution < -0.4 is 10.2 Å². The summed E-state index contributed by atoms with van der Waals surface area (Å²) in [6.07, 6.45) is -4.67. The molecule has 12 heteroatoms. The fourth-order valence-corrected chi connectivity index (χ4v) is 4.53. The molecule has 172 valence electrons. The van der Waals surface area contributed by atoms with Crippen molar-refractivity contribution in [2.75, 3.05) is 4.90 Å². The average molecular weight is 463 g/mol. The molecule has 4 rings (SSSR count). The lowest BCUT2D eigenvalue weighted by molar-refractivity contribution is -0.384. The van der Waals surface area contributed by atoms with Gasteiger partial charge in [0, 0.05) is 18.2 Å². The van der Waals surface area contributed by atoms with E-state index in [4.69, 9.17) is 0 Å². The number of alkyl halides is 3. The number of carbonyl (C=O) groups is 3.